The minimum Gasteiger partial charge on any atom is -0.349 e. The molecule has 1 N–H and O–H groups in total. The van der Waals surface area contributed by atoms with Crippen molar-refractivity contribution >= 4 is 17.7 Å². The van der Waals surface area contributed by atoms with Gasteiger partial charge in [0.15, 0.2) is 5.16 Å². The second kappa shape index (κ2) is 8.66. The van der Waals surface area contributed by atoms with E-state index < -0.39 is 0 Å². The molecule has 140 valence electrons. The maximum absolute atomic E-state index is 13.0. The van der Waals surface area contributed by atoms with Crippen LogP contribution in [0.1, 0.15) is 62.5 Å². The number of aryl methyl sites for hydroxylation is 1. The second-order valence-corrected chi connectivity index (χ2v) is 7.76. The molecule has 1 aliphatic carbocycles. The third-order valence-corrected chi connectivity index (χ3v) is 5.80. The Bertz CT molecular complexity index is 740. The maximum atomic E-state index is 13.0. The predicted molar refractivity (Wildman–Crippen MR) is 101 cm³/mol. The number of halogens is 1. The molecule has 7 heteroatoms. The third kappa shape index (κ3) is 4.63. The molecule has 0 radical (unpaired) electrons. The minimum absolute atomic E-state index is 0.0670. The van der Waals surface area contributed by atoms with Crippen LogP contribution in [0.2, 0.25) is 0 Å². The van der Waals surface area contributed by atoms with Crippen molar-refractivity contribution in [1.82, 2.24) is 20.1 Å². The largest absolute Gasteiger partial charge is 0.349 e. The minimum atomic E-state index is -0.278. The van der Waals surface area contributed by atoms with Crippen LogP contribution in [0.4, 0.5) is 4.39 Å². The highest BCUT2D eigenvalue weighted by Gasteiger charge is 2.22. The van der Waals surface area contributed by atoms with Crippen molar-refractivity contribution in [2.24, 2.45) is 0 Å². The molecule has 26 heavy (non-hydrogen) atoms. The first-order valence-electron chi connectivity index (χ1n) is 9.13. The van der Waals surface area contributed by atoms with E-state index in [1.54, 1.807) is 12.1 Å². The fourth-order valence-electron chi connectivity index (χ4n) is 3.46. The van der Waals surface area contributed by atoms with Gasteiger partial charge in [0.25, 0.3) is 0 Å². The van der Waals surface area contributed by atoms with Gasteiger partial charge in [-0.2, -0.15) is 0 Å². The van der Waals surface area contributed by atoms with Gasteiger partial charge in [0.1, 0.15) is 11.6 Å². The Morgan fingerprint density at radius 1 is 1.27 bits per heavy atom. The van der Waals surface area contributed by atoms with E-state index in [2.05, 4.69) is 20.1 Å². The van der Waals surface area contributed by atoms with Crippen LogP contribution in [-0.4, -0.2) is 26.4 Å². The highest BCUT2D eigenvalue weighted by Crippen LogP contribution is 2.32. The van der Waals surface area contributed by atoms with Crippen LogP contribution >= 0.6 is 11.8 Å². The number of amides is 1. The highest BCUT2D eigenvalue weighted by molar-refractivity contribution is 7.99. The summed E-state index contributed by atoms with van der Waals surface area (Å²) >= 11 is 1.43. The van der Waals surface area contributed by atoms with Crippen molar-refractivity contribution in [2.45, 2.75) is 63.2 Å². The highest BCUT2D eigenvalue weighted by atomic mass is 32.2. The Morgan fingerprint density at radius 3 is 2.65 bits per heavy atom. The number of carbonyl (C=O) groups is 1. The van der Waals surface area contributed by atoms with Crippen molar-refractivity contribution in [2.75, 3.05) is 5.75 Å². The number of nitrogens with one attached hydrogen (secondary N) is 1. The van der Waals surface area contributed by atoms with Gasteiger partial charge in [-0.25, -0.2) is 4.39 Å². The average Bonchev–Trinajstić information content (AvgIpc) is 3.02. The number of rotatable bonds is 6. The SMILES string of the molecule is Cc1nnc(SCC(=O)NC(C)c2ccc(F)cc2)n1C1CCCCC1. The average molecular weight is 377 g/mol. The number of hydrogen-bond acceptors (Lipinski definition) is 4. The molecule has 1 atom stereocenters. The maximum Gasteiger partial charge on any atom is 0.230 e. The third-order valence-electron chi connectivity index (χ3n) is 4.85. The van der Waals surface area contributed by atoms with Gasteiger partial charge in [-0.05, 0) is 44.4 Å². The molecule has 1 aromatic carbocycles. The summed E-state index contributed by atoms with van der Waals surface area (Å²) in [5, 5.41) is 12.2. The number of nitrogens with zero attached hydrogens (tertiary/aromatic N) is 3. The Balaban J connectivity index is 1.57. The van der Waals surface area contributed by atoms with E-state index in [4.69, 9.17) is 0 Å². The monoisotopic (exact) mass is 376 g/mol. The summed E-state index contributed by atoms with van der Waals surface area (Å²) in [6, 6.07) is 6.47. The predicted octanol–water partition coefficient (Wildman–Crippen LogP) is 4.20. The number of hydrogen-bond donors (Lipinski definition) is 1. The van der Waals surface area contributed by atoms with Gasteiger partial charge >= 0.3 is 0 Å². The normalized spacial score (nSPS) is 16.4. The molecule has 0 saturated heterocycles. The van der Waals surface area contributed by atoms with E-state index in [0.717, 1.165) is 29.4 Å². The summed E-state index contributed by atoms with van der Waals surface area (Å²) in [5.41, 5.74) is 0.881. The number of thioether (sulfide) groups is 1. The topological polar surface area (TPSA) is 59.8 Å². The van der Waals surface area contributed by atoms with E-state index in [1.165, 1.54) is 43.2 Å². The first kappa shape index (κ1) is 18.9. The summed E-state index contributed by atoms with van der Waals surface area (Å²) in [7, 11) is 0. The Morgan fingerprint density at radius 2 is 1.96 bits per heavy atom. The Kier molecular flexibility index (Phi) is 6.29. The molecular weight excluding hydrogens is 351 g/mol. The number of carbonyl (C=O) groups excluding carboxylic acids is 1. The van der Waals surface area contributed by atoms with Gasteiger partial charge in [0, 0.05) is 6.04 Å². The first-order valence-corrected chi connectivity index (χ1v) is 10.1. The lowest BCUT2D eigenvalue weighted by Gasteiger charge is -2.25. The zero-order valence-corrected chi connectivity index (χ0v) is 16.1. The zero-order valence-electron chi connectivity index (χ0n) is 15.2. The summed E-state index contributed by atoms with van der Waals surface area (Å²) in [5.74, 6) is 0.860. The lowest BCUT2D eigenvalue weighted by Crippen LogP contribution is -2.28. The van der Waals surface area contributed by atoms with Crippen LogP contribution in [0.3, 0.4) is 0 Å². The van der Waals surface area contributed by atoms with Gasteiger partial charge in [0.05, 0.1) is 11.8 Å². The molecular formula is C19H25FN4OS. The molecule has 1 saturated carbocycles. The fourth-order valence-corrected chi connectivity index (χ4v) is 4.32. The lowest BCUT2D eigenvalue weighted by atomic mass is 9.95. The molecule has 0 spiro atoms. The van der Waals surface area contributed by atoms with Gasteiger partial charge in [-0.15, -0.1) is 10.2 Å². The summed E-state index contributed by atoms with van der Waals surface area (Å²) in [4.78, 5) is 12.3. The van der Waals surface area contributed by atoms with E-state index >= 15 is 0 Å². The van der Waals surface area contributed by atoms with E-state index in [-0.39, 0.29) is 23.5 Å². The molecule has 5 nitrogen and oxygen atoms in total. The standard InChI is InChI=1S/C19H25FN4OS/c1-13(15-8-10-16(20)11-9-15)21-18(25)12-26-19-23-22-14(2)24(19)17-6-4-3-5-7-17/h8-11,13,17H,3-7,12H2,1-2H3,(H,21,25). The zero-order chi connectivity index (χ0) is 18.5. The Labute approximate surface area is 157 Å². The fraction of sp³-hybridized carbons (Fsp3) is 0.526. The summed E-state index contributed by atoms with van der Waals surface area (Å²) in [6.07, 6.45) is 6.08. The second-order valence-electron chi connectivity index (χ2n) is 6.82. The van der Waals surface area contributed by atoms with Gasteiger partial charge in [-0.3, -0.25) is 4.79 Å². The molecule has 3 rings (SSSR count). The van der Waals surface area contributed by atoms with Crippen LogP contribution < -0.4 is 5.32 Å². The quantitative estimate of drug-likeness (QED) is 0.768. The van der Waals surface area contributed by atoms with Gasteiger partial charge in [0.2, 0.25) is 5.91 Å². The lowest BCUT2D eigenvalue weighted by molar-refractivity contribution is -0.119. The van der Waals surface area contributed by atoms with Gasteiger partial charge in [-0.1, -0.05) is 43.2 Å². The molecule has 1 aliphatic rings. The van der Waals surface area contributed by atoms with Crippen LogP contribution in [-0.2, 0) is 4.79 Å². The smallest absolute Gasteiger partial charge is 0.230 e. The van der Waals surface area contributed by atoms with E-state index in [9.17, 15) is 9.18 Å². The molecule has 0 aliphatic heterocycles. The number of aromatic nitrogens is 3. The van der Waals surface area contributed by atoms with Crippen LogP contribution in [0.15, 0.2) is 29.4 Å². The molecule has 2 aromatic rings. The van der Waals surface area contributed by atoms with Crippen LogP contribution in [0, 0.1) is 12.7 Å². The van der Waals surface area contributed by atoms with Crippen molar-refractivity contribution in [3.8, 4) is 0 Å². The Hall–Kier alpha value is -1.89. The van der Waals surface area contributed by atoms with E-state index in [1.807, 2.05) is 13.8 Å². The molecule has 1 aromatic heterocycles. The van der Waals surface area contributed by atoms with Crippen molar-refractivity contribution in [1.29, 1.82) is 0 Å². The first-order chi connectivity index (χ1) is 12.5. The summed E-state index contributed by atoms with van der Waals surface area (Å²) < 4.78 is 15.2. The van der Waals surface area contributed by atoms with E-state index in [0.29, 0.717) is 6.04 Å². The molecule has 0 bridgehead atoms. The molecule has 1 unspecified atom stereocenters. The molecule has 1 amide bonds. The van der Waals surface area contributed by atoms with Crippen molar-refractivity contribution in [3.63, 3.8) is 0 Å². The van der Waals surface area contributed by atoms with Crippen molar-refractivity contribution in [3.05, 3.63) is 41.5 Å². The van der Waals surface area contributed by atoms with Crippen LogP contribution in [0.25, 0.3) is 0 Å². The van der Waals surface area contributed by atoms with Crippen molar-refractivity contribution < 1.29 is 9.18 Å². The van der Waals surface area contributed by atoms with Gasteiger partial charge < -0.3 is 9.88 Å². The summed E-state index contributed by atoms with van der Waals surface area (Å²) in [6.45, 7) is 3.87. The van der Waals surface area contributed by atoms with Crippen LogP contribution in [0.5, 0.6) is 0 Å². The molecule has 1 fully saturated rings. The number of benzene rings is 1. The molecule has 1 heterocycles.